The van der Waals surface area contributed by atoms with Gasteiger partial charge >= 0.3 is 11.9 Å². The van der Waals surface area contributed by atoms with E-state index in [1.165, 1.54) is 14.2 Å². The summed E-state index contributed by atoms with van der Waals surface area (Å²) in [6.45, 7) is 0. The lowest BCUT2D eigenvalue weighted by Crippen LogP contribution is -2.71. The third-order valence-electron chi connectivity index (χ3n) is 4.08. The highest BCUT2D eigenvalue weighted by atomic mass is 32.1. The van der Waals surface area contributed by atoms with Crippen molar-refractivity contribution in [2.24, 2.45) is 5.92 Å². The third-order valence-corrected chi connectivity index (χ3v) is 4.30. The van der Waals surface area contributed by atoms with E-state index in [1.54, 1.807) is 6.07 Å². The Labute approximate surface area is 138 Å². The largest absolute Gasteiger partial charge is 0.469 e. The van der Waals surface area contributed by atoms with Crippen molar-refractivity contribution in [3.8, 4) is 5.75 Å². The van der Waals surface area contributed by atoms with Crippen molar-refractivity contribution in [2.75, 3.05) is 14.2 Å². The van der Waals surface area contributed by atoms with Gasteiger partial charge in [-0.15, -0.1) is 0 Å². The van der Waals surface area contributed by atoms with Crippen molar-refractivity contribution >= 4 is 29.3 Å². The van der Waals surface area contributed by atoms with Gasteiger partial charge in [0.25, 0.3) is 0 Å². The predicted molar refractivity (Wildman–Crippen MR) is 83.6 cm³/mol. The van der Waals surface area contributed by atoms with Crippen LogP contribution in [0.5, 0.6) is 5.75 Å². The Morgan fingerprint density at radius 1 is 1.30 bits per heavy atom. The second-order valence-corrected chi connectivity index (χ2v) is 5.77. The van der Waals surface area contributed by atoms with Gasteiger partial charge in [-0.3, -0.25) is 9.59 Å². The summed E-state index contributed by atoms with van der Waals surface area (Å²) in [6, 6.07) is 6.83. The number of esters is 2. The van der Waals surface area contributed by atoms with E-state index in [1.807, 2.05) is 18.2 Å². The molecule has 0 unspecified atom stereocenters. The molecule has 0 saturated carbocycles. The van der Waals surface area contributed by atoms with Crippen LogP contribution in [0.2, 0.25) is 0 Å². The maximum atomic E-state index is 12.4. The summed E-state index contributed by atoms with van der Waals surface area (Å²) in [4.78, 5) is 24.3. The number of nitrogens with one attached hydrogen (secondary N) is 2. The smallest absolute Gasteiger partial charge is 0.317 e. The van der Waals surface area contributed by atoms with Crippen LogP contribution in [0.25, 0.3) is 0 Å². The third kappa shape index (κ3) is 2.48. The first-order valence-corrected chi connectivity index (χ1v) is 7.43. The molecule has 2 aliphatic heterocycles. The summed E-state index contributed by atoms with van der Waals surface area (Å²) in [5.41, 5.74) is -0.561. The van der Waals surface area contributed by atoms with Gasteiger partial charge in [0.15, 0.2) is 5.11 Å². The molecule has 122 valence electrons. The normalized spacial score (nSPS) is 27.7. The van der Waals surface area contributed by atoms with Gasteiger partial charge in [-0.2, -0.15) is 0 Å². The molecule has 2 heterocycles. The van der Waals surface area contributed by atoms with E-state index < -0.39 is 29.6 Å². The first-order chi connectivity index (χ1) is 11.0. The van der Waals surface area contributed by atoms with Crippen molar-refractivity contribution < 1.29 is 23.8 Å². The Hall–Kier alpha value is -2.35. The molecular weight excluding hydrogens is 320 g/mol. The molecule has 7 nitrogen and oxygen atoms in total. The fourth-order valence-electron chi connectivity index (χ4n) is 3.10. The highest BCUT2D eigenvalue weighted by molar-refractivity contribution is 7.80. The van der Waals surface area contributed by atoms with Gasteiger partial charge in [-0.25, -0.2) is 0 Å². The zero-order valence-electron chi connectivity index (χ0n) is 12.6. The van der Waals surface area contributed by atoms with E-state index in [0.717, 1.165) is 5.56 Å². The lowest BCUT2D eigenvalue weighted by molar-refractivity contribution is -0.166. The van der Waals surface area contributed by atoms with Gasteiger partial charge < -0.3 is 24.8 Å². The fourth-order valence-corrected chi connectivity index (χ4v) is 3.40. The maximum Gasteiger partial charge on any atom is 0.317 e. The van der Waals surface area contributed by atoms with Crippen LogP contribution in [0.15, 0.2) is 24.3 Å². The van der Waals surface area contributed by atoms with Crippen LogP contribution in [0.4, 0.5) is 0 Å². The van der Waals surface area contributed by atoms with Crippen LogP contribution in [0.1, 0.15) is 18.0 Å². The molecule has 0 aliphatic carbocycles. The lowest BCUT2D eigenvalue weighted by atomic mass is 9.78. The number of para-hydroxylation sites is 1. The standard InChI is InChI=1S/C15H16N2O5S/c1-20-10(18)7-15-11(13(19)21-2)12(16-14(23)17-15)8-5-3-4-6-9(8)22-15/h3-6,11-12H,7H2,1-2H3,(H2,16,17,23)/t11-,12+,15-/m0/s1. The monoisotopic (exact) mass is 336 g/mol. The zero-order chi connectivity index (χ0) is 16.6. The molecule has 2 aliphatic rings. The van der Waals surface area contributed by atoms with Gasteiger partial charge in [0.05, 0.1) is 20.3 Å². The number of ether oxygens (including phenoxy) is 3. The molecule has 0 aromatic heterocycles. The van der Waals surface area contributed by atoms with E-state index in [2.05, 4.69) is 10.6 Å². The van der Waals surface area contributed by atoms with Gasteiger partial charge in [0.1, 0.15) is 18.1 Å². The van der Waals surface area contributed by atoms with Crippen LogP contribution in [-0.2, 0) is 19.1 Å². The Morgan fingerprint density at radius 2 is 2.04 bits per heavy atom. The molecule has 1 fully saturated rings. The molecule has 23 heavy (non-hydrogen) atoms. The molecule has 0 radical (unpaired) electrons. The maximum absolute atomic E-state index is 12.4. The summed E-state index contributed by atoms with van der Waals surface area (Å²) in [6.07, 6.45) is -0.185. The quantitative estimate of drug-likeness (QED) is 0.615. The molecule has 1 aromatic carbocycles. The summed E-state index contributed by atoms with van der Waals surface area (Å²) >= 11 is 5.22. The number of carbonyl (C=O) groups excluding carboxylic acids is 2. The number of carbonyl (C=O) groups is 2. The van der Waals surface area contributed by atoms with Crippen LogP contribution in [-0.4, -0.2) is 37.0 Å². The molecule has 2 N–H and O–H groups in total. The molecule has 1 saturated heterocycles. The lowest BCUT2D eigenvalue weighted by Gasteiger charge is -2.51. The van der Waals surface area contributed by atoms with Gasteiger partial charge in [0, 0.05) is 5.56 Å². The summed E-state index contributed by atoms with van der Waals surface area (Å²) in [5, 5.41) is 6.30. The number of benzene rings is 1. The number of rotatable bonds is 3. The van der Waals surface area contributed by atoms with Crippen molar-refractivity contribution in [3.05, 3.63) is 29.8 Å². The fraction of sp³-hybridized carbons (Fsp3) is 0.400. The molecule has 8 heteroatoms. The van der Waals surface area contributed by atoms with Crippen LogP contribution in [0, 0.1) is 5.92 Å². The molecule has 2 bridgehead atoms. The first-order valence-electron chi connectivity index (χ1n) is 7.02. The van der Waals surface area contributed by atoms with Crippen LogP contribution in [0.3, 0.4) is 0 Å². The second-order valence-electron chi connectivity index (χ2n) is 5.36. The molecule has 0 amide bonds. The topological polar surface area (TPSA) is 85.9 Å². The highest BCUT2D eigenvalue weighted by Gasteiger charge is 2.59. The molecule has 0 spiro atoms. The Balaban J connectivity index is 2.14. The van der Waals surface area contributed by atoms with E-state index in [0.29, 0.717) is 10.9 Å². The number of fused-ring (bicyclic) bond motifs is 4. The number of thiocarbonyl (C=S) groups is 1. The van der Waals surface area contributed by atoms with E-state index in [9.17, 15) is 9.59 Å². The average molecular weight is 336 g/mol. The first kappa shape index (κ1) is 15.5. The highest BCUT2D eigenvalue weighted by Crippen LogP contribution is 2.46. The molecular formula is C15H16N2O5S. The van der Waals surface area contributed by atoms with E-state index in [4.69, 9.17) is 26.4 Å². The minimum Gasteiger partial charge on any atom is -0.469 e. The van der Waals surface area contributed by atoms with E-state index >= 15 is 0 Å². The molecule has 1 aromatic rings. The minimum absolute atomic E-state index is 0.185. The summed E-state index contributed by atoms with van der Waals surface area (Å²) < 4.78 is 15.7. The SMILES string of the molecule is COC(=O)C[C@]12NC(=S)N[C@H](c3ccccc3O1)[C@H]2C(=O)OC. The predicted octanol–water partition coefficient (Wildman–Crippen LogP) is 0.646. The molecule has 3 atom stereocenters. The number of hydrogen-bond donors (Lipinski definition) is 2. The number of methoxy groups -OCH3 is 2. The van der Waals surface area contributed by atoms with Crippen molar-refractivity contribution in [1.29, 1.82) is 0 Å². The van der Waals surface area contributed by atoms with Gasteiger partial charge in [0.2, 0.25) is 5.72 Å². The van der Waals surface area contributed by atoms with Crippen molar-refractivity contribution in [3.63, 3.8) is 0 Å². The Kier molecular flexibility index (Phi) is 3.85. The molecule has 3 rings (SSSR count). The van der Waals surface area contributed by atoms with Gasteiger partial charge in [-0.05, 0) is 18.3 Å². The minimum atomic E-state index is -1.35. The number of hydrogen-bond acceptors (Lipinski definition) is 6. The van der Waals surface area contributed by atoms with Crippen molar-refractivity contribution in [1.82, 2.24) is 10.6 Å². The van der Waals surface area contributed by atoms with E-state index in [-0.39, 0.29) is 6.42 Å². The van der Waals surface area contributed by atoms with Crippen molar-refractivity contribution in [2.45, 2.75) is 18.2 Å². The van der Waals surface area contributed by atoms with Crippen LogP contribution >= 0.6 is 12.2 Å². The Morgan fingerprint density at radius 3 is 2.74 bits per heavy atom. The summed E-state index contributed by atoms with van der Waals surface area (Å²) in [5.74, 6) is -1.25. The Bertz CT molecular complexity index is 680. The average Bonchev–Trinajstić information content (AvgIpc) is 2.53. The van der Waals surface area contributed by atoms with Crippen LogP contribution < -0.4 is 15.4 Å². The summed E-state index contributed by atoms with van der Waals surface area (Å²) in [7, 11) is 2.57. The van der Waals surface area contributed by atoms with Gasteiger partial charge in [-0.1, -0.05) is 18.2 Å². The zero-order valence-corrected chi connectivity index (χ0v) is 13.4. The second kappa shape index (κ2) is 5.69.